The van der Waals surface area contributed by atoms with Crippen molar-refractivity contribution in [3.8, 4) is 0 Å². The third-order valence-electron chi connectivity index (χ3n) is 3.31. The standard InChI is InChI=1S/C14H17F2NO3/c15-11-5-10(6-12(16)7-11)8-17-3-1-13(2-4-17)20-9-14(18)19/h5-7,13H,1-4,8-9H2,(H,18,19). The van der Waals surface area contributed by atoms with Crippen LogP contribution in [0.25, 0.3) is 0 Å². The Bertz CT molecular complexity index is 453. The number of likely N-dealkylation sites (tertiary alicyclic amines) is 1. The van der Waals surface area contributed by atoms with Crippen LogP contribution in [0.4, 0.5) is 8.78 Å². The lowest BCUT2D eigenvalue weighted by Gasteiger charge is -2.31. The molecule has 1 aliphatic heterocycles. The Kier molecular flexibility index (Phi) is 5.03. The highest BCUT2D eigenvalue weighted by Gasteiger charge is 2.20. The number of benzene rings is 1. The van der Waals surface area contributed by atoms with Gasteiger partial charge in [-0.2, -0.15) is 0 Å². The highest BCUT2D eigenvalue weighted by Crippen LogP contribution is 2.17. The van der Waals surface area contributed by atoms with E-state index in [0.29, 0.717) is 12.1 Å². The molecule has 2 rings (SSSR count). The van der Waals surface area contributed by atoms with Gasteiger partial charge >= 0.3 is 5.97 Å². The molecular weight excluding hydrogens is 268 g/mol. The van der Waals surface area contributed by atoms with Gasteiger partial charge in [-0.25, -0.2) is 13.6 Å². The number of carbonyl (C=O) groups is 1. The molecule has 0 saturated carbocycles. The SMILES string of the molecule is O=C(O)COC1CCN(Cc2cc(F)cc(F)c2)CC1. The fourth-order valence-electron chi connectivity index (χ4n) is 2.38. The van der Waals surface area contributed by atoms with Gasteiger partial charge in [0.2, 0.25) is 0 Å². The van der Waals surface area contributed by atoms with Crippen LogP contribution in [0.3, 0.4) is 0 Å². The van der Waals surface area contributed by atoms with Crippen molar-refractivity contribution in [2.24, 2.45) is 0 Å². The van der Waals surface area contributed by atoms with Gasteiger partial charge in [-0.1, -0.05) is 0 Å². The van der Waals surface area contributed by atoms with Crippen LogP contribution in [-0.4, -0.2) is 41.8 Å². The smallest absolute Gasteiger partial charge is 0.329 e. The first-order chi connectivity index (χ1) is 9.52. The number of rotatable bonds is 5. The quantitative estimate of drug-likeness (QED) is 0.899. The van der Waals surface area contributed by atoms with Crippen LogP contribution in [0.1, 0.15) is 18.4 Å². The van der Waals surface area contributed by atoms with Crippen LogP contribution in [0.2, 0.25) is 0 Å². The van der Waals surface area contributed by atoms with Gasteiger partial charge in [0.15, 0.2) is 0 Å². The van der Waals surface area contributed by atoms with Gasteiger partial charge in [-0.3, -0.25) is 4.90 Å². The van der Waals surface area contributed by atoms with E-state index in [1.54, 1.807) is 0 Å². The maximum Gasteiger partial charge on any atom is 0.329 e. The molecule has 0 radical (unpaired) electrons. The molecule has 4 nitrogen and oxygen atoms in total. The maximum absolute atomic E-state index is 13.1. The van der Waals surface area contributed by atoms with Crippen LogP contribution in [0.15, 0.2) is 18.2 Å². The molecule has 0 bridgehead atoms. The number of hydrogen-bond donors (Lipinski definition) is 1. The van der Waals surface area contributed by atoms with E-state index in [-0.39, 0.29) is 12.7 Å². The van der Waals surface area contributed by atoms with Crippen LogP contribution in [0.5, 0.6) is 0 Å². The molecular formula is C14H17F2NO3. The summed E-state index contributed by atoms with van der Waals surface area (Å²) in [5.74, 6) is -2.11. The lowest BCUT2D eigenvalue weighted by molar-refractivity contribution is -0.145. The number of hydrogen-bond acceptors (Lipinski definition) is 3. The second-order valence-electron chi connectivity index (χ2n) is 4.96. The van der Waals surface area contributed by atoms with Crippen LogP contribution >= 0.6 is 0 Å². The van der Waals surface area contributed by atoms with Crippen molar-refractivity contribution in [1.82, 2.24) is 4.90 Å². The number of nitrogens with zero attached hydrogens (tertiary/aromatic N) is 1. The number of piperidine rings is 1. The molecule has 1 saturated heterocycles. The van der Waals surface area contributed by atoms with E-state index in [1.165, 1.54) is 12.1 Å². The normalized spacial score (nSPS) is 17.3. The number of carboxylic acid groups (broad SMARTS) is 1. The molecule has 1 heterocycles. The first-order valence-corrected chi connectivity index (χ1v) is 6.53. The number of ether oxygens (including phenoxy) is 1. The Hall–Kier alpha value is -1.53. The molecule has 1 N–H and O–H groups in total. The minimum atomic E-state index is -0.970. The summed E-state index contributed by atoms with van der Waals surface area (Å²) in [5, 5.41) is 8.54. The average Bonchev–Trinajstić information content (AvgIpc) is 2.36. The Morgan fingerprint density at radius 3 is 2.40 bits per heavy atom. The monoisotopic (exact) mass is 285 g/mol. The van der Waals surface area contributed by atoms with Gasteiger partial charge in [0.25, 0.3) is 0 Å². The van der Waals surface area contributed by atoms with Crippen molar-refractivity contribution in [2.75, 3.05) is 19.7 Å². The van der Waals surface area contributed by atoms with Crippen molar-refractivity contribution in [3.63, 3.8) is 0 Å². The van der Waals surface area contributed by atoms with Gasteiger partial charge in [0.1, 0.15) is 18.2 Å². The molecule has 0 atom stereocenters. The molecule has 110 valence electrons. The van der Waals surface area contributed by atoms with Crippen molar-refractivity contribution < 1.29 is 23.4 Å². The zero-order chi connectivity index (χ0) is 14.5. The third-order valence-corrected chi connectivity index (χ3v) is 3.31. The second-order valence-corrected chi connectivity index (χ2v) is 4.96. The maximum atomic E-state index is 13.1. The van der Waals surface area contributed by atoms with Gasteiger partial charge in [0, 0.05) is 25.7 Å². The van der Waals surface area contributed by atoms with Gasteiger partial charge in [-0.05, 0) is 30.5 Å². The molecule has 0 amide bonds. The fraction of sp³-hybridized carbons (Fsp3) is 0.500. The van der Waals surface area contributed by atoms with Crippen LogP contribution < -0.4 is 0 Å². The highest BCUT2D eigenvalue weighted by molar-refractivity contribution is 5.68. The predicted molar refractivity (Wildman–Crippen MR) is 68.2 cm³/mol. The molecule has 1 fully saturated rings. The molecule has 1 aliphatic rings. The summed E-state index contributed by atoms with van der Waals surface area (Å²) in [5.41, 5.74) is 0.604. The predicted octanol–water partition coefficient (Wildman–Crippen LogP) is 2.03. The molecule has 1 aromatic rings. The number of carboxylic acids is 1. The van der Waals surface area contributed by atoms with Crippen LogP contribution in [0, 0.1) is 11.6 Å². The van der Waals surface area contributed by atoms with E-state index in [1.807, 2.05) is 0 Å². The Morgan fingerprint density at radius 2 is 1.85 bits per heavy atom. The van der Waals surface area contributed by atoms with E-state index < -0.39 is 17.6 Å². The van der Waals surface area contributed by atoms with E-state index in [2.05, 4.69) is 4.90 Å². The minimum absolute atomic E-state index is 0.0494. The minimum Gasteiger partial charge on any atom is -0.480 e. The third kappa shape index (κ3) is 4.54. The summed E-state index contributed by atoms with van der Waals surface area (Å²) in [7, 11) is 0. The van der Waals surface area contributed by atoms with Crippen molar-refractivity contribution >= 4 is 5.97 Å². The summed E-state index contributed by atoms with van der Waals surface area (Å²) < 4.78 is 31.4. The van der Waals surface area contributed by atoms with Gasteiger partial charge < -0.3 is 9.84 Å². The van der Waals surface area contributed by atoms with Crippen LogP contribution in [-0.2, 0) is 16.1 Å². The summed E-state index contributed by atoms with van der Waals surface area (Å²) >= 11 is 0. The highest BCUT2D eigenvalue weighted by atomic mass is 19.1. The zero-order valence-electron chi connectivity index (χ0n) is 11.0. The second kappa shape index (κ2) is 6.76. The lowest BCUT2D eigenvalue weighted by Crippen LogP contribution is -2.37. The largest absolute Gasteiger partial charge is 0.480 e. The first kappa shape index (κ1) is 14.9. The Labute approximate surface area is 116 Å². The van der Waals surface area contributed by atoms with Gasteiger partial charge in [0.05, 0.1) is 6.10 Å². The Morgan fingerprint density at radius 1 is 1.25 bits per heavy atom. The molecule has 0 aliphatic carbocycles. The van der Waals surface area contributed by atoms with Crippen molar-refractivity contribution in [1.29, 1.82) is 0 Å². The van der Waals surface area contributed by atoms with E-state index in [4.69, 9.17) is 9.84 Å². The van der Waals surface area contributed by atoms with E-state index in [9.17, 15) is 13.6 Å². The number of halogens is 2. The van der Waals surface area contributed by atoms with E-state index in [0.717, 1.165) is 32.0 Å². The molecule has 1 aromatic carbocycles. The molecule has 6 heteroatoms. The first-order valence-electron chi connectivity index (χ1n) is 6.53. The van der Waals surface area contributed by atoms with Crippen molar-refractivity contribution in [3.05, 3.63) is 35.4 Å². The topological polar surface area (TPSA) is 49.8 Å². The summed E-state index contributed by atoms with van der Waals surface area (Å²) in [6, 6.07) is 3.52. The molecule has 0 unspecified atom stereocenters. The lowest BCUT2D eigenvalue weighted by atomic mass is 10.1. The fourth-order valence-corrected chi connectivity index (χ4v) is 2.38. The average molecular weight is 285 g/mol. The van der Waals surface area contributed by atoms with E-state index >= 15 is 0 Å². The summed E-state index contributed by atoms with van der Waals surface area (Å²) in [6.45, 7) is 1.66. The molecule has 0 aromatic heterocycles. The summed E-state index contributed by atoms with van der Waals surface area (Å²) in [6.07, 6.45) is 1.41. The Balaban J connectivity index is 1.80. The summed E-state index contributed by atoms with van der Waals surface area (Å²) in [4.78, 5) is 12.5. The molecule has 20 heavy (non-hydrogen) atoms. The number of aliphatic carboxylic acids is 1. The zero-order valence-corrected chi connectivity index (χ0v) is 11.0. The van der Waals surface area contributed by atoms with Gasteiger partial charge in [-0.15, -0.1) is 0 Å². The van der Waals surface area contributed by atoms with Crippen molar-refractivity contribution in [2.45, 2.75) is 25.5 Å². The molecule has 0 spiro atoms.